The van der Waals surface area contributed by atoms with Crippen molar-refractivity contribution in [1.82, 2.24) is 10.6 Å². The maximum Gasteiger partial charge on any atom is 0.309 e. The van der Waals surface area contributed by atoms with Gasteiger partial charge in [0.15, 0.2) is 0 Å². The van der Waals surface area contributed by atoms with Gasteiger partial charge in [-0.05, 0) is 12.0 Å². The number of ether oxygens (including phenoxy) is 1. The molecule has 1 atom stereocenters. The van der Waals surface area contributed by atoms with E-state index >= 15 is 0 Å². The van der Waals surface area contributed by atoms with Gasteiger partial charge in [0.2, 0.25) is 0 Å². The van der Waals surface area contributed by atoms with Crippen molar-refractivity contribution in [2.75, 3.05) is 26.8 Å². The summed E-state index contributed by atoms with van der Waals surface area (Å²) in [5, 5.41) is 14.7. The van der Waals surface area contributed by atoms with Crippen LogP contribution in [0.25, 0.3) is 0 Å². The van der Waals surface area contributed by atoms with Crippen molar-refractivity contribution in [3.8, 4) is 0 Å². The molecular formula is C14H20N2O4. The highest BCUT2D eigenvalue weighted by molar-refractivity contribution is 6.35. The summed E-state index contributed by atoms with van der Waals surface area (Å²) >= 11 is 0. The predicted molar refractivity (Wildman–Crippen MR) is 73.9 cm³/mol. The molecule has 6 heteroatoms. The highest BCUT2D eigenvalue weighted by Gasteiger charge is 2.13. The zero-order valence-electron chi connectivity index (χ0n) is 11.5. The Labute approximate surface area is 118 Å². The number of hydrogen-bond donors (Lipinski definition) is 3. The second-order valence-electron chi connectivity index (χ2n) is 4.22. The Morgan fingerprint density at radius 3 is 2.35 bits per heavy atom. The molecule has 0 fully saturated rings. The van der Waals surface area contributed by atoms with Crippen LogP contribution in [0.1, 0.15) is 18.1 Å². The quantitative estimate of drug-likeness (QED) is 0.484. The van der Waals surface area contributed by atoms with E-state index in [0.29, 0.717) is 13.0 Å². The molecule has 0 saturated heterocycles. The third-order valence-corrected chi connectivity index (χ3v) is 2.69. The number of rotatable bonds is 7. The lowest BCUT2D eigenvalue weighted by molar-refractivity contribution is -0.139. The predicted octanol–water partition coefficient (Wildman–Crippen LogP) is -0.0111. The normalized spacial score (nSPS) is 11.7. The van der Waals surface area contributed by atoms with Crippen molar-refractivity contribution >= 4 is 11.8 Å². The lowest BCUT2D eigenvalue weighted by atomic mass is 10.1. The number of nitrogens with one attached hydrogen (secondary N) is 2. The molecule has 3 N–H and O–H groups in total. The van der Waals surface area contributed by atoms with Gasteiger partial charge < -0.3 is 20.5 Å². The van der Waals surface area contributed by atoms with E-state index in [1.165, 1.54) is 7.11 Å². The monoisotopic (exact) mass is 280 g/mol. The van der Waals surface area contributed by atoms with Crippen molar-refractivity contribution in [1.29, 1.82) is 0 Å². The molecular weight excluding hydrogens is 260 g/mol. The van der Waals surface area contributed by atoms with Crippen LogP contribution in [0.2, 0.25) is 0 Å². The van der Waals surface area contributed by atoms with Crippen LogP contribution < -0.4 is 10.6 Å². The molecule has 110 valence electrons. The summed E-state index contributed by atoms with van der Waals surface area (Å²) < 4.78 is 4.75. The van der Waals surface area contributed by atoms with Crippen LogP contribution in [0.3, 0.4) is 0 Å². The van der Waals surface area contributed by atoms with Gasteiger partial charge in [-0.3, -0.25) is 9.59 Å². The lowest BCUT2D eigenvalue weighted by Crippen LogP contribution is -2.41. The van der Waals surface area contributed by atoms with Gasteiger partial charge in [-0.25, -0.2) is 0 Å². The molecule has 1 aromatic carbocycles. The first-order valence-electron chi connectivity index (χ1n) is 6.43. The molecule has 0 heterocycles. The van der Waals surface area contributed by atoms with Gasteiger partial charge in [-0.15, -0.1) is 0 Å². The number of methoxy groups -OCH3 is 1. The third-order valence-electron chi connectivity index (χ3n) is 2.69. The third kappa shape index (κ3) is 5.81. The smallest absolute Gasteiger partial charge is 0.309 e. The topological polar surface area (TPSA) is 87.7 Å². The van der Waals surface area contributed by atoms with Crippen LogP contribution in [0.15, 0.2) is 30.3 Å². The van der Waals surface area contributed by atoms with Crippen LogP contribution in [0, 0.1) is 0 Å². The minimum absolute atomic E-state index is 0.229. The Hall–Kier alpha value is -1.92. The van der Waals surface area contributed by atoms with Crippen LogP contribution in [-0.2, 0) is 14.3 Å². The highest BCUT2D eigenvalue weighted by Crippen LogP contribution is 2.14. The molecule has 0 radical (unpaired) electrons. The van der Waals surface area contributed by atoms with Crippen LogP contribution in [0.5, 0.6) is 0 Å². The van der Waals surface area contributed by atoms with E-state index in [-0.39, 0.29) is 13.1 Å². The number of aliphatic hydroxyl groups excluding tert-OH is 1. The number of carbonyl (C=O) groups is 2. The molecule has 0 aliphatic heterocycles. The minimum Gasteiger partial charge on any atom is -0.388 e. The fourth-order valence-corrected chi connectivity index (χ4v) is 1.59. The molecule has 0 aliphatic carbocycles. The van der Waals surface area contributed by atoms with Gasteiger partial charge in [-0.2, -0.15) is 0 Å². The van der Waals surface area contributed by atoms with Gasteiger partial charge in [0.1, 0.15) is 0 Å². The second-order valence-corrected chi connectivity index (χ2v) is 4.22. The van der Waals surface area contributed by atoms with E-state index in [2.05, 4.69) is 10.6 Å². The average molecular weight is 280 g/mol. The summed E-state index contributed by atoms with van der Waals surface area (Å²) in [5.41, 5.74) is 0.784. The number of carbonyl (C=O) groups excluding carboxylic acids is 2. The van der Waals surface area contributed by atoms with E-state index in [1.807, 2.05) is 30.3 Å². The number of hydrogen-bond acceptors (Lipinski definition) is 4. The van der Waals surface area contributed by atoms with Gasteiger partial charge in [0.25, 0.3) is 0 Å². The Kier molecular flexibility index (Phi) is 7.31. The second kappa shape index (κ2) is 9.06. The molecule has 2 amide bonds. The van der Waals surface area contributed by atoms with E-state index in [9.17, 15) is 14.7 Å². The molecule has 1 rings (SSSR count). The van der Waals surface area contributed by atoms with Gasteiger partial charge in [-0.1, -0.05) is 30.3 Å². The van der Waals surface area contributed by atoms with Gasteiger partial charge in [0.05, 0.1) is 12.7 Å². The fraction of sp³-hybridized carbons (Fsp3) is 0.429. The maximum absolute atomic E-state index is 11.4. The molecule has 6 nitrogen and oxygen atoms in total. The van der Waals surface area contributed by atoms with Crippen LogP contribution >= 0.6 is 0 Å². The van der Waals surface area contributed by atoms with Gasteiger partial charge >= 0.3 is 11.8 Å². The molecule has 1 aromatic rings. The van der Waals surface area contributed by atoms with E-state index in [0.717, 1.165) is 5.56 Å². The summed E-state index contributed by atoms with van der Waals surface area (Å²) in [6, 6.07) is 9.15. The first-order chi connectivity index (χ1) is 9.65. The largest absolute Gasteiger partial charge is 0.388 e. The maximum atomic E-state index is 11.4. The zero-order chi connectivity index (χ0) is 14.8. The van der Waals surface area contributed by atoms with Crippen LogP contribution in [-0.4, -0.2) is 43.7 Å². The van der Waals surface area contributed by atoms with E-state index in [4.69, 9.17) is 4.74 Å². The zero-order valence-corrected chi connectivity index (χ0v) is 11.5. The molecule has 0 unspecified atom stereocenters. The van der Waals surface area contributed by atoms with Gasteiger partial charge in [0, 0.05) is 20.2 Å². The number of benzene rings is 1. The van der Waals surface area contributed by atoms with Crippen molar-refractivity contribution in [3.05, 3.63) is 35.9 Å². The molecule has 0 aromatic heterocycles. The Morgan fingerprint density at radius 1 is 1.15 bits per heavy atom. The highest BCUT2D eigenvalue weighted by atomic mass is 16.5. The van der Waals surface area contributed by atoms with Crippen molar-refractivity contribution in [2.24, 2.45) is 0 Å². The standard InChI is InChI=1S/C14H20N2O4/c1-20-10-9-16-14(19)13(18)15-8-7-12(17)11-5-3-2-4-6-11/h2-6,12,17H,7-10H2,1H3,(H,15,18)(H,16,19)/t12-/m0/s1. The number of amides is 2. The summed E-state index contributed by atoms with van der Waals surface area (Å²) in [6.07, 6.45) is -0.311. The summed E-state index contributed by atoms with van der Waals surface area (Å²) in [7, 11) is 1.51. The summed E-state index contributed by atoms with van der Waals surface area (Å²) in [6.45, 7) is 0.869. The molecule has 0 spiro atoms. The van der Waals surface area contributed by atoms with Crippen LogP contribution in [0.4, 0.5) is 0 Å². The van der Waals surface area contributed by atoms with Crippen molar-refractivity contribution in [3.63, 3.8) is 0 Å². The van der Waals surface area contributed by atoms with E-state index in [1.54, 1.807) is 0 Å². The fourth-order valence-electron chi connectivity index (χ4n) is 1.59. The lowest BCUT2D eigenvalue weighted by Gasteiger charge is -2.11. The Morgan fingerprint density at radius 2 is 1.75 bits per heavy atom. The van der Waals surface area contributed by atoms with Crippen molar-refractivity contribution < 1.29 is 19.4 Å². The Balaban J connectivity index is 2.23. The Bertz CT molecular complexity index is 422. The number of aliphatic hydroxyl groups is 1. The first kappa shape index (κ1) is 16.1. The summed E-state index contributed by atoms with van der Waals surface area (Å²) in [5.74, 6) is -1.40. The van der Waals surface area contributed by atoms with Crippen molar-refractivity contribution in [2.45, 2.75) is 12.5 Å². The van der Waals surface area contributed by atoms with E-state index < -0.39 is 17.9 Å². The summed E-state index contributed by atoms with van der Waals surface area (Å²) in [4.78, 5) is 22.7. The first-order valence-corrected chi connectivity index (χ1v) is 6.43. The molecule has 0 saturated carbocycles. The SMILES string of the molecule is COCCNC(=O)C(=O)NCC[C@H](O)c1ccccc1. The molecule has 20 heavy (non-hydrogen) atoms. The minimum atomic E-state index is -0.707. The molecule has 0 bridgehead atoms. The average Bonchev–Trinajstić information content (AvgIpc) is 2.48. The molecule has 0 aliphatic rings.